The van der Waals surface area contributed by atoms with Gasteiger partial charge in [0.2, 0.25) is 0 Å². The topological polar surface area (TPSA) is 111 Å². The van der Waals surface area contributed by atoms with E-state index in [-0.39, 0.29) is 34.3 Å². The van der Waals surface area contributed by atoms with Crippen molar-refractivity contribution in [2.45, 2.75) is 29.6 Å². The highest BCUT2D eigenvalue weighted by Crippen LogP contribution is 2.41. The number of sulfone groups is 1. The van der Waals surface area contributed by atoms with Crippen LogP contribution in [-0.2, 0) is 25.1 Å². The Morgan fingerprint density at radius 3 is 2.41 bits per heavy atom. The van der Waals surface area contributed by atoms with Crippen LogP contribution in [-0.4, -0.2) is 92.4 Å². The van der Waals surface area contributed by atoms with Gasteiger partial charge < -0.3 is 19.3 Å². The van der Waals surface area contributed by atoms with Gasteiger partial charge in [-0.1, -0.05) is 24.3 Å². The summed E-state index contributed by atoms with van der Waals surface area (Å²) in [4.78, 5) is 30.6. The second-order valence-corrected chi connectivity index (χ2v) is 12.0. The van der Waals surface area contributed by atoms with Gasteiger partial charge >= 0.3 is 0 Å². The maximum Gasteiger partial charge on any atom is 0.274 e. The number of benzene rings is 2. The van der Waals surface area contributed by atoms with E-state index in [0.717, 1.165) is 12.8 Å². The van der Waals surface area contributed by atoms with E-state index in [2.05, 4.69) is 0 Å². The maximum atomic E-state index is 13.6. The molecule has 2 aromatic carbocycles. The van der Waals surface area contributed by atoms with Gasteiger partial charge in [0.05, 0.1) is 41.3 Å². The molecular weight excluding hydrogens is 520 g/mol. The third kappa shape index (κ3) is 4.64. The number of fused-ring (bicyclic) bond motifs is 3. The highest BCUT2D eigenvalue weighted by molar-refractivity contribution is 7.90. The summed E-state index contributed by atoms with van der Waals surface area (Å²) in [6, 6.07) is 13.9. The van der Waals surface area contributed by atoms with Crippen LogP contribution in [0.15, 0.2) is 53.4 Å². The minimum Gasteiger partial charge on any atom is -0.381 e. The number of piperidine rings is 1. The van der Waals surface area contributed by atoms with Crippen molar-refractivity contribution >= 4 is 21.7 Å². The zero-order valence-corrected chi connectivity index (χ0v) is 22.5. The third-order valence-corrected chi connectivity index (χ3v) is 9.39. The molecule has 10 nitrogen and oxygen atoms in total. The van der Waals surface area contributed by atoms with E-state index in [1.165, 1.54) is 0 Å². The number of aromatic nitrogens is 2. The summed E-state index contributed by atoms with van der Waals surface area (Å²) in [5, 5.41) is 4.71. The highest BCUT2D eigenvalue weighted by atomic mass is 32.2. The zero-order valence-electron chi connectivity index (χ0n) is 21.7. The van der Waals surface area contributed by atoms with Crippen LogP contribution in [0.1, 0.15) is 39.3 Å². The van der Waals surface area contributed by atoms with Gasteiger partial charge in [-0.3, -0.25) is 9.59 Å². The van der Waals surface area contributed by atoms with E-state index >= 15 is 0 Å². The van der Waals surface area contributed by atoms with Gasteiger partial charge in [-0.2, -0.15) is 5.10 Å². The van der Waals surface area contributed by atoms with Crippen LogP contribution < -0.4 is 0 Å². The molecule has 0 aliphatic carbocycles. The summed E-state index contributed by atoms with van der Waals surface area (Å²) in [6.07, 6.45) is 1.73. The molecule has 4 heterocycles. The summed E-state index contributed by atoms with van der Waals surface area (Å²) in [6.45, 7) is 2.88. The number of carbonyl (C=O) groups excluding carboxylic acids is 2. The lowest BCUT2D eigenvalue weighted by molar-refractivity contribution is 0.0298. The molecule has 0 spiro atoms. The Labute approximate surface area is 227 Å². The third-order valence-electron chi connectivity index (χ3n) is 7.70. The van der Waals surface area contributed by atoms with Gasteiger partial charge in [0.1, 0.15) is 0 Å². The van der Waals surface area contributed by atoms with Gasteiger partial charge in [0.15, 0.2) is 15.5 Å². The van der Waals surface area contributed by atoms with E-state index in [0.29, 0.717) is 67.5 Å². The predicted molar refractivity (Wildman–Crippen MR) is 143 cm³/mol. The molecule has 0 atom stereocenters. The fraction of sp³-hybridized carbons (Fsp3) is 0.393. The first-order chi connectivity index (χ1) is 18.9. The highest BCUT2D eigenvalue weighted by Gasteiger charge is 2.37. The molecule has 1 aromatic heterocycles. The first kappa shape index (κ1) is 25.7. The van der Waals surface area contributed by atoms with E-state index in [1.807, 2.05) is 11.0 Å². The van der Waals surface area contributed by atoms with Crippen LogP contribution >= 0.6 is 0 Å². The number of methoxy groups -OCH3 is 1. The number of carbonyl (C=O) groups is 2. The fourth-order valence-corrected chi connectivity index (χ4v) is 7.18. The monoisotopic (exact) mass is 550 g/mol. The molecule has 2 saturated heterocycles. The Balaban J connectivity index is 1.44. The lowest BCUT2D eigenvalue weighted by Gasteiger charge is -2.31. The molecule has 11 heteroatoms. The summed E-state index contributed by atoms with van der Waals surface area (Å²) in [5.41, 5.74) is 2.63. The summed E-state index contributed by atoms with van der Waals surface area (Å²) < 4.78 is 39.0. The summed E-state index contributed by atoms with van der Waals surface area (Å²) >= 11 is 0. The molecule has 39 heavy (non-hydrogen) atoms. The number of morpholine rings is 1. The SMILES string of the molecule is COC1CCN(C(=O)c2cccc(-n3nc(C(=O)N4CCOCC4)c4c3-c3ccccc3S(=O)(=O)C4)c2)CC1. The van der Waals surface area contributed by atoms with Gasteiger partial charge in [0, 0.05) is 50.0 Å². The summed E-state index contributed by atoms with van der Waals surface area (Å²) in [7, 11) is -1.98. The van der Waals surface area contributed by atoms with E-state index in [1.54, 1.807) is 59.2 Å². The van der Waals surface area contributed by atoms with Crippen LogP contribution in [0.25, 0.3) is 16.9 Å². The van der Waals surface area contributed by atoms with Crippen LogP contribution in [0.3, 0.4) is 0 Å². The molecule has 2 fully saturated rings. The van der Waals surface area contributed by atoms with Crippen LogP contribution in [0, 0.1) is 0 Å². The maximum absolute atomic E-state index is 13.6. The van der Waals surface area contributed by atoms with E-state index in [9.17, 15) is 18.0 Å². The lowest BCUT2D eigenvalue weighted by Crippen LogP contribution is -2.41. The van der Waals surface area contributed by atoms with Crippen molar-refractivity contribution in [2.24, 2.45) is 0 Å². The van der Waals surface area contributed by atoms with Gasteiger partial charge in [-0.05, 0) is 37.1 Å². The molecule has 0 saturated carbocycles. The van der Waals surface area contributed by atoms with Crippen LogP contribution in [0.2, 0.25) is 0 Å². The first-order valence-electron chi connectivity index (χ1n) is 13.1. The van der Waals surface area contributed by atoms with Crippen LogP contribution in [0.4, 0.5) is 0 Å². The minimum atomic E-state index is -3.67. The van der Waals surface area contributed by atoms with Crippen molar-refractivity contribution in [3.8, 4) is 16.9 Å². The molecule has 0 bridgehead atoms. The molecule has 6 rings (SSSR count). The molecular formula is C28H30N4O6S. The average Bonchev–Trinajstić information content (AvgIpc) is 3.35. The second kappa shape index (κ2) is 10.2. The quantitative estimate of drug-likeness (QED) is 0.491. The Morgan fingerprint density at radius 1 is 0.949 bits per heavy atom. The Bertz CT molecular complexity index is 1540. The predicted octanol–water partition coefficient (Wildman–Crippen LogP) is 2.55. The van der Waals surface area contributed by atoms with Gasteiger partial charge in [0.25, 0.3) is 11.8 Å². The smallest absolute Gasteiger partial charge is 0.274 e. The second-order valence-electron chi connectivity index (χ2n) is 10.0. The number of hydrogen-bond donors (Lipinski definition) is 0. The molecule has 204 valence electrons. The largest absolute Gasteiger partial charge is 0.381 e. The average molecular weight is 551 g/mol. The Morgan fingerprint density at radius 2 is 1.67 bits per heavy atom. The number of hydrogen-bond acceptors (Lipinski definition) is 7. The van der Waals surface area contributed by atoms with Crippen molar-refractivity contribution < 1.29 is 27.5 Å². The first-order valence-corrected chi connectivity index (χ1v) is 14.8. The molecule has 3 aliphatic heterocycles. The molecule has 0 N–H and O–H groups in total. The normalized spacial score (nSPS) is 18.9. The number of ether oxygens (including phenoxy) is 2. The van der Waals surface area contributed by atoms with Crippen molar-refractivity contribution in [3.05, 3.63) is 65.4 Å². The van der Waals surface area contributed by atoms with E-state index in [4.69, 9.17) is 14.6 Å². The van der Waals surface area contributed by atoms with Gasteiger partial charge in [-0.15, -0.1) is 0 Å². The van der Waals surface area contributed by atoms with Crippen molar-refractivity contribution in [3.63, 3.8) is 0 Å². The summed E-state index contributed by atoms with van der Waals surface area (Å²) in [5.74, 6) is -0.728. The van der Waals surface area contributed by atoms with Crippen molar-refractivity contribution in [1.82, 2.24) is 19.6 Å². The lowest BCUT2D eigenvalue weighted by atomic mass is 10.0. The molecule has 3 aliphatic rings. The molecule has 0 radical (unpaired) electrons. The van der Waals surface area contributed by atoms with Crippen molar-refractivity contribution in [1.29, 1.82) is 0 Å². The van der Waals surface area contributed by atoms with Gasteiger partial charge in [-0.25, -0.2) is 13.1 Å². The fourth-order valence-electron chi connectivity index (χ4n) is 5.59. The number of likely N-dealkylation sites (tertiary alicyclic amines) is 1. The number of rotatable bonds is 4. The number of nitrogens with zero attached hydrogens (tertiary/aromatic N) is 4. The van der Waals surface area contributed by atoms with Crippen molar-refractivity contribution in [2.75, 3.05) is 46.5 Å². The zero-order chi connectivity index (χ0) is 27.1. The van der Waals surface area contributed by atoms with E-state index < -0.39 is 9.84 Å². The minimum absolute atomic E-state index is 0.0833. The Hall–Kier alpha value is -3.54. The number of amides is 2. The molecule has 2 amide bonds. The molecule has 0 unspecified atom stereocenters. The Kier molecular flexibility index (Phi) is 6.74. The molecule has 3 aromatic rings. The standard InChI is InChI=1S/C28H30N4O6S/c1-37-21-9-11-30(12-10-21)27(33)19-5-4-6-20(17-19)32-26-22-7-2-3-8-24(22)39(35,36)18-23(26)25(29-32)28(34)31-13-15-38-16-14-31/h2-8,17,21H,9-16,18H2,1H3. The van der Waals surface area contributed by atoms with Crippen LogP contribution in [0.5, 0.6) is 0 Å².